The largest absolute Gasteiger partial charge is 0.369 e. The molecule has 2 aliphatic heterocycles. The highest BCUT2D eigenvalue weighted by Crippen LogP contribution is 2.40. The number of amides is 3. The summed E-state index contributed by atoms with van der Waals surface area (Å²) in [6.45, 7) is 0.955. The Hall–Kier alpha value is -3.23. The highest BCUT2D eigenvalue weighted by atomic mass is 16.6. The molecule has 1 aromatic rings. The van der Waals surface area contributed by atoms with Crippen LogP contribution >= 0.6 is 0 Å². The second kappa shape index (κ2) is 7.31. The van der Waals surface area contributed by atoms with Gasteiger partial charge >= 0.3 is 0 Å². The van der Waals surface area contributed by atoms with Gasteiger partial charge < -0.3 is 10.6 Å². The zero-order chi connectivity index (χ0) is 20.7. The van der Waals surface area contributed by atoms with Gasteiger partial charge in [0.25, 0.3) is 5.69 Å². The Morgan fingerprint density at radius 2 is 1.66 bits per heavy atom. The van der Waals surface area contributed by atoms with E-state index < -0.39 is 4.92 Å². The number of imide groups is 1. The number of benzene rings is 1. The van der Waals surface area contributed by atoms with Crippen molar-refractivity contribution in [2.24, 2.45) is 23.5 Å². The number of nitrogens with two attached hydrogens (primary N) is 1. The molecule has 1 aliphatic carbocycles. The van der Waals surface area contributed by atoms with Crippen LogP contribution in [0.2, 0.25) is 0 Å². The van der Waals surface area contributed by atoms with Gasteiger partial charge in [0, 0.05) is 25.1 Å². The fraction of sp³-hybridized carbons (Fsp3) is 0.450. The van der Waals surface area contributed by atoms with Crippen LogP contribution in [0.1, 0.15) is 25.7 Å². The van der Waals surface area contributed by atoms with Crippen molar-refractivity contribution in [2.75, 3.05) is 22.9 Å². The molecule has 1 aromatic carbocycles. The summed E-state index contributed by atoms with van der Waals surface area (Å²) in [6.07, 6.45) is 5.90. The van der Waals surface area contributed by atoms with Crippen molar-refractivity contribution >= 4 is 34.8 Å². The third-order valence-electron chi connectivity index (χ3n) is 6.16. The molecule has 0 aromatic heterocycles. The van der Waals surface area contributed by atoms with E-state index in [4.69, 9.17) is 5.73 Å². The number of allylic oxidation sites excluding steroid dienone is 2. The van der Waals surface area contributed by atoms with Crippen molar-refractivity contribution in [2.45, 2.75) is 25.7 Å². The topological polar surface area (TPSA) is 127 Å². The fourth-order valence-corrected chi connectivity index (χ4v) is 4.52. The number of piperidine rings is 1. The van der Waals surface area contributed by atoms with Crippen molar-refractivity contribution in [3.63, 3.8) is 0 Å². The maximum absolute atomic E-state index is 12.8. The number of nitro groups is 1. The third kappa shape index (κ3) is 3.26. The van der Waals surface area contributed by atoms with E-state index in [0.717, 1.165) is 4.90 Å². The van der Waals surface area contributed by atoms with E-state index in [2.05, 4.69) is 0 Å². The Morgan fingerprint density at radius 1 is 1.07 bits per heavy atom. The Kier molecular flexibility index (Phi) is 4.81. The van der Waals surface area contributed by atoms with Gasteiger partial charge in [0.15, 0.2) is 0 Å². The van der Waals surface area contributed by atoms with E-state index in [1.807, 2.05) is 17.1 Å². The molecular weight excluding hydrogens is 376 g/mol. The number of nitro benzene ring substituents is 1. The SMILES string of the molecule is NC(=O)C1CCN(c2ccc(N3C(=O)[C@H]4CC=CC[C@H]4C3=O)cc2[N+](=O)[O-])CC1. The summed E-state index contributed by atoms with van der Waals surface area (Å²) in [5, 5.41) is 11.7. The van der Waals surface area contributed by atoms with Crippen molar-refractivity contribution in [1.82, 2.24) is 0 Å². The van der Waals surface area contributed by atoms with E-state index in [0.29, 0.717) is 44.5 Å². The van der Waals surface area contributed by atoms with Crippen molar-refractivity contribution in [3.05, 3.63) is 40.5 Å². The molecule has 2 atom stereocenters. The number of rotatable bonds is 4. The molecule has 0 spiro atoms. The maximum atomic E-state index is 12.8. The monoisotopic (exact) mass is 398 g/mol. The van der Waals surface area contributed by atoms with Gasteiger partial charge in [-0.15, -0.1) is 0 Å². The lowest BCUT2D eigenvalue weighted by molar-refractivity contribution is -0.384. The smallest absolute Gasteiger partial charge is 0.294 e. The minimum atomic E-state index is -0.501. The van der Waals surface area contributed by atoms with Crippen LogP contribution in [0.15, 0.2) is 30.4 Å². The molecule has 29 heavy (non-hydrogen) atoms. The Labute approximate surface area is 167 Å². The van der Waals surface area contributed by atoms with Gasteiger partial charge in [0.2, 0.25) is 17.7 Å². The zero-order valence-corrected chi connectivity index (χ0v) is 15.8. The number of hydrogen-bond donors (Lipinski definition) is 1. The van der Waals surface area contributed by atoms with Crippen LogP contribution in [0.5, 0.6) is 0 Å². The van der Waals surface area contributed by atoms with E-state index >= 15 is 0 Å². The minimum absolute atomic E-state index is 0.159. The average Bonchev–Trinajstić information content (AvgIpc) is 2.98. The first-order valence-electron chi connectivity index (χ1n) is 9.74. The molecule has 2 N–H and O–H groups in total. The third-order valence-corrected chi connectivity index (χ3v) is 6.16. The normalized spacial score (nSPS) is 24.7. The predicted octanol–water partition coefficient (Wildman–Crippen LogP) is 1.75. The van der Waals surface area contributed by atoms with Gasteiger partial charge in [-0.3, -0.25) is 24.5 Å². The van der Waals surface area contributed by atoms with Crippen LogP contribution in [0.4, 0.5) is 17.1 Å². The summed E-state index contributed by atoms with van der Waals surface area (Å²) in [6, 6.07) is 4.47. The fourth-order valence-electron chi connectivity index (χ4n) is 4.52. The summed E-state index contributed by atoms with van der Waals surface area (Å²) in [5.41, 5.74) is 5.85. The lowest BCUT2D eigenvalue weighted by atomic mass is 9.85. The molecule has 0 bridgehead atoms. The van der Waals surface area contributed by atoms with Gasteiger partial charge in [-0.2, -0.15) is 0 Å². The van der Waals surface area contributed by atoms with E-state index in [1.54, 1.807) is 12.1 Å². The molecule has 0 unspecified atom stereocenters. The summed E-state index contributed by atoms with van der Waals surface area (Å²) >= 11 is 0. The molecule has 9 heteroatoms. The average molecular weight is 398 g/mol. The number of hydrogen-bond acceptors (Lipinski definition) is 6. The lowest BCUT2D eigenvalue weighted by Crippen LogP contribution is -2.38. The molecule has 3 amide bonds. The van der Waals surface area contributed by atoms with Crippen LogP contribution in [0.25, 0.3) is 0 Å². The number of carbonyl (C=O) groups is 3. The second-order valence-electron chi connectivity index (χ2n) is 7.76. The molecule has 2 fully saturated rings. The molecule has 152 valence electrons. The van der Waals surface area contributed by atoms with Crippen LogP contribution in [0.3, 0.4) is 0 Å². The maximum Gasteiger partial charge on any atom is 0.294 e. The van der Waals surface area contributed by atoms with Crippen LogP contribution in [-0.4, -0.2) is 35.7 Å². The quantitative estimate of drug-likeness (QED) is 0.356. The first-order valence-corrected chi connectivity index (χ1v) is 9.74. The first kappa shape index (κ1) is 19.1. The number of carbonyl (C=O) groups excluding carboxylic acids is 3. The minimum Gasteiger partial charge on any atom is -0.369 e. The molecular formula is C20H22N4O5. The molecule has 3 aliphatic rings. The van der Waals surface area contributed by atoms with Crippen molar-refractivity contribution < 1.29 is 19.3 Å². The molecule has 9 nitrogen and oxygen atoms in total. The van der Waals surface area contributed by atoms with E-state index in [9.17, 15) is 24.5 Å². The summed E-state index contributed by atoms with van der Waals surface area (Å²) < 4.78 is 0. The highest BCUT2D eigenvalue weighted by Gasteiger charge is 2.48. The standard InChI is InChI=1S/C20H22N4O5/c21-18(25)12-7-9-22(10-8-12)16-6-5-13(11-17(16)24(28)29)23-19(26)14-3-1-2-4-15(14)20(23)27/h1-2,5-6,11-12,14-15H,3-4,7-10H2,(H2,21,25)/t14-,15+. The number of anilines is 2. The Morgan fingerprint density at radius 3 is 2.17 bits per heavy atom. The summed E-state index contributed by atoms with van der Waals surface area (Å²) in [7, 11) is 0. The van der Waals surface area contributed by atoms with Crippen LogP contribution in [-0.2, 0) is 14.4 Å². The molecule has 0 radical (unpaired) electrons. The van der Waals surface area contributed by atoms with Gasteiger partial charge in [-0.1, -0.05) is 12.2 Å². The molecule has 2 saturated heterocycles. The highest BCUT2D eigenvalue weighted by molar-refractivity contribution is 6.22. The molecule has 2 heterocycles. The Bertz CT molecular complexity index is 893. The number of primary amides is 1. The number of nitrogens with zero attached hydrogens (tertiary/aromatic N) is 3. The Balaban J connectivity index is 1.62. The van der Waals surface area contributed by atoms with Gasteiger partial charge in [0.05, 0.1) is 22.4 Å². The van der Waals surface area contributed by atoms with Gasteiger partial charge in [0.1, 0.15) is 5.69 Å². The molecule has 4 rings (SSSR count). The summed E-state index contributed by atoms with van der Waals surface area (Å²) in [5.74, 6) is -1.95. The van der Waals surface area contributed by atoms with Crippen molar-refractivity contribution in [1.29, 1.82) is 0 Å². The van der Waals surface area contributed by atoms with Gasteiger partial charge in [-0.05, 0) is 37.8 Å². The van der Waals surface area contributed by atoms with Crippen LogP contribution in [0, 0.1) is 27.9 Å². The van der Waals surface area contributed by atoms with Crippen molar-refractivity contribution in [3.8, 4) is 0 Å². The number of fused-ring (bicyclic) bond motifs is 1. The molecule has 0 saturated carbocycles. The zero-order valence-electron chi connectivity index (χ0n) is 15.8. The lowest BCUT2D eigenvalue weighted by Gasteiger charge is -2.32. The van der Waals surface area contributed by atoms with E-state index in [-0.39, 0.29) is 46.9 Å². The van der Waals surface area contributed by atoms with Gasteiger partial charge in [-0.25, -0.2) is 4.90 Å². The predicted molar refractivity (Wildman–Crippen MR) is 105 cm³/mol. The first-order chi connectivity index (χ1) is 13.9. The summed E-state index contributed by atoms with van der Waals surface area (Å²) in [4.78, 5) is 51.1. The van der Waals surface area contributed by atoms with E-state index in [1.165, 1.54) is 6.07 Å². The van der Waals surface area contributed by atoms with Crippen LogP contribution < -0.4 is 15.5 Å². The second-order valence-corrected chi connectivity index (χ2v) is 7.76.